The number of hydrogen-bond acceptors (Lipinski definition) is 4. The van der Waals surface area contributed by atoms with E-state index >= 15 is 0 Å². The Balaban J connectivity index is 1.43. The van der Waals surface area contributed by atoms with Gasteiger partial charge in [0.25, 0.3) is 17.7 Å². The highest BCUT2D eigenvalue weighted by Gasteiger charge is 2.36. The highest BCUT2D eigenvalue weighted by Crippen LogP contribution is 2.25. The molecule has 6 nitrogen and oxygen atoms in total. The molecule has 0 spiro atoms. The molecule has 2 heterocycles. The van der Waals surface area contributed by atoms with Gasteiger partial charge in [-0.05, 0) is 42.2 Å². The van der Waals surface area contributed by atoms with Gasteiger partial charge in [0.2, 0.25) is 0 Å². The minimum atomic E-state index is -0.335. The van der Waals surface area contributed by atoms with Crippen LogP contribution in [-0.2, 0) is 6.42 Å². The topological polar surface area (TPSA) is 79.6 Å². The second kappa shape index (κ2) is 7.54. The summed E-state index contributed by atoms with van der Waals surface area (Å²) >= 11 is 0. The first kappa shape index (κ1) is 18.9. The normalized spacial score (nSPS) is 13.4. The predicted octanol–water partition coefficient (Wildman–Crippen LogP) is 3.66. The number of nitrogens with zero attached hydrogens (tertiary/aromatic N) is 1. The number of benzene rings is 2. The van der Waals surface area contributed by atoms with Gasteiger partial charge in [-0.1, -0.05) is 32.0 Å². The molecule has 1 aliphatic heterocycles. The largest absolute Gasteiger partial charge is 0.464 e. The number of hydrogen-bond donors (Lipinski definition) is 1. The van der Waals surface area contributed by atoms with Crippen molar-refractivity contribution < 1.29 is 18.8 Å². The summed E-state index contributed by atoms with van der Waals surface area (Å²) in [4.78, 5) is 38.8. The molecule has 3 aromatic rings. The van der Waals surface area contributed by atoms with Crippen molar-refractivity contribution in [1.82, 2.24) is 10.2 Å². The number of amides is 3. The van der Waals surface area contributed by atoms with Crippen LogP contribution in [0.15, 0.2) is 53.1 Å². The Bertz CT molecular complexity index is 1110. The van der Waals surface area contributed by atoms with E-state index in [-0.39, 0.29) is 23.6 Å². The Morgan fingerprint density at radius 3 is 2.62 bits per heavy atom. The minimum absolute atomic E-state index is 0.180. The summed E-state index contributed by atoms with van der Waals surface area (Å²) in [5.74, 6) is -0.724. The van der Waals surface area contributed by atoms with Crippen LogP contribution < -0.4 is 5.32 Å². The van der Waals surface area contributed by atoms with E-state index in [1.165, 1.54) is 11.0 Å². The zero-order valence-corrected chi connectivity index (χ0v) is 16.4. The molecule has 0 bridgehead atoms. The van der Waals surface area contributed by atoms with Crippen molar-refractivity contribution in [3.05, 3.63) is 71.0 Å². The first-order chi connectivity index (χ1) is 14.0. The van der Waals surface area contributed by atoms with Gasteiger partial charge in [0.15, 0.2) is 0 Å². The summed E-state index contributed by atoms with van der Waals surface area (Å²) in [6.45, 7) is 4.70. The lowest BCUT2D eigenvalue weighted by molar-refractivity contribution is 0.0636. The monoisotopic (exact) mass is 390 g/mol. The van der Waals surface area contributed by atoms with Crippen LogP contribution in [0.4, 0.5) is 0 Å². The SMILES string of the molecule is CC(C)CN1C(=O)c2ccc(C(=O)NCCc3coc4ccccc34)cc2C1=O. The average Bonchev–Trinajstić information content (AvgIpc) is 3.22. The zero-order valence-electron chi connectivity index (χ0n) is 16.4. The lowest BCUT2D eigenvalue weighted by Gasteiger charge is -2.15. The van der Waals surface area contributed by atoms with E-state index in [0.29, 0.717) is 36.2 Å². The van der Waals surface area contributed by atoms with Crippen LogP contribution in [0.2, 0.25) is 0 Å². The highest BCUT2D eigenvalue weighted by molar-refractivity contribution is 6.22. The summed E-state index contributed by atoms with van der Waals surface area (Å²) in [7, 11) is 0. The first-order valence-electron chi connectivity index (χ1n) is 9.69. The predicted molar refractivity (Wildman–Crippen MR) is 109 cm³/mol. The molecule has 0 radical (unpaired) electrons. The molecule has 29 heavy (non-hydrogen) atoms. The van der Waals surface area contributed by atoms with Crippen LogP contribution in [0.5, 0.6) is 0 Å². The third-order valence-electron chi connectivity index (χ3n) is 5.02. The molecule has 1 N–H and O–H groups in total. The molecule has 6 heteroatoms. The fourth-order valence-electron chi connectivity index (χ4n) is 3.60. The van der Waals surface area contributed by atoms with Crippen molar-refractivity contribution >= 4 is 28.7 Å². The van der Waals surface area contributed by atoms with Crippen molar-refractivity contribution in [3.8, 4) is 0 Å². The molecule has 0 saturated heterocycles. The van der Waals surface area contributed by atoms with Crippen LogP contribution >= 0.6 is 0 Å². The van der Waals surface area contributed by atoms with Crippen molar-refractivity contribution in [1.29, 1.82) is 0 Å². The number of carbonyl (C=O) groups is 3. The quantitative estimate of drug-likeness (QED) is 0.652. The number of imide groups is 1. The fourth-order valence-corrected chi connectivity index (χ4v) is 3.60. The van der Waals surface area contributed by atoms with Crippen molar-refractivity contribution in [3.63, 3.8) is 0 Å². The van der Waals surface area contributed by atoms with Gasteiger partial charge in [0, 0.05) is 24.0 Å². The Labute approximate surface area is 168 Å². The van der Waals surface area contributed by atoms with Crippen molar-refractivity contribution in [2.45, 2.75) is 20.3 Å². The van der Waals surface area contributed by atoms with E-state index in [0.717, 1.165) is 16.5 Å². The molecular weight excluding hydrogens is 368 g/mol. The fraction of sp³-hybridized carbons (Fsp3) is 0.261. The molecule has 3 amide bonds. The summed E-state index contributed by atoms with van der Waals surface area (Å²) < 4.78 is 5.51. The van der Waals surface area contributed by atoms with Gasteiger partial charge >= 0.3 is 0 Å². The van der Waals surface area contributed by atoms with E-state index in [2.05, 4.69) is 5.32 Å². The molecule has 0 aliphatic carbocycles. The molecule has 0 saturated carbocycles. The van der Waals surface area contributed by atoms with Crippen LogP contribution in [0.1, 0.15) is 50.5 Å². The van der Waals surface area contributed by atoms with Crippen LogP contribution in [0, 0.1) is 5.92 Å². The number of furan rings is 1. The number of para-hydroxylation sites is 1. The molecule has 148 valence electrons. The van der Waals surface area contributed by atoms with Gasteiger partial charge in [-0.25, -0.2) is 0 Å². The molecule has 1 aromatic heterocycles. The van der Waals surface area contributed by atoms with Crippen molar-refractivity contribution in [2.75, 3.05) is 13.1 Å². The molecule has 0 atom stereocenters. The maximum Gasteiger partial charge on any atom is 0.261 e. The van der Waals surface area contributed by atoms with Crippen LogP contribution in [-0.4, -0.2) is 35.7 Å². The van der Waals surface area contributed by atoms with Gasteiger partial charge in [-0.15, -0.1) is 0 Å². The number of nitrogens with one attached hydrogen (secondary N) is 1. The number of fused-ring (bicyclic) bond motifs is 2. The lowest BCUT2D eigenvalue weighted by atomic mass is 10.1. The average molecular weight is 390 g/mol. The van der Waals surface area contributed by atoms with Crippen LogP contribution in [0.3, 0.4) is 0 Å². The molecule has 4 rings (SSSR count). The standard InChI is InChI=1S/C23H22N2O4/c1-14(2)12-25-22(27)18-8-7-15(11-19(18)23(25)28)21(26)24-10-9-16-13-29-20-6-4-3-5-17(16)20/h3-8,11,13-14H,9-10,12H2,1-2H3,(H,24,26). The van der Waals surface area contributed by atoms with Gasteiger partial charge in [0.05, 0.1) is 17.4 Å². The van der Waals surface area contributed by atoms with E-state index in [4.69, 9.17) is 4.42 Å². The smallest absolute Gasteiger partial charge is 0.261 e. The number of carbonyl (C=O) groups excluding carboxylic acids is 3. The summed E-state index contributed by atoms with van der Waals surface area (Å²) in [6.07, 6.45) is 2.34. The Morgan fingerprint density at radius 1 is 1.07 bits per heavy atom. The maximum absolute atomic E-state index is 12.6. The lowest BCUT2D eigenvalue weighted by Crippen LogP contribution is -2.33. The van der Waals surface area contributed by atoms with Crippen LogP contribution in [0.25, 0.3) is 11.0 Å². The molecule has 2 aromatic carbocycles. The second-order valence-electron chi connectivity index (χ2n) is 7.64. The molecule has 0 unspecified atom stereocenters. The Kier molecular flexibility index (Phi) is 4.92. The summed E-state index contributed by atoms with van der Waals surface area (Å²) in [5, 5.41) is 3.91. The summed E-state index contributed by atoms with van der Waals surface area (Å²) in [6, 6.07) is 12.4. The van der Waals surface area contributed by atoms with Gasteiger partial charge < -0.3 is 9.73 Å². The summed E-state index contributed by atoms with van der Waals surface area (Å²) in [5.41, 5.74) is 2.87. The second-order valence-corrected chi connectivity index (χ2v) is 7.64. The van der Waals surface area contributed by atoms with Gasteiger partial charge in [-0.2, -0.15) is 0 Å². The molecule has 0 fully saturated rings. The minimum Gasteiger partial charge on any atom is -0.464 e. The third kappa shape index (κ3) is 3.53. The van der Waals surface area contributed by atoms with E-state index in [9.17, 15) is 14.4 Å². The van der Waals surface area contributed by atoms with Crippen molar-refractivity contribution in [2.24, 2.45) is 5.92 Å². The maximum atomic E-state index is 12.6. The Morgan fingerprint density at radius 2 is 1.83 bits per heavy atom. The van der Waals surface area contributed by atoms with E-state index < -0.39 is 0 Å². The first-order valence-corrected chi connectivity index (χ1v) is 9.69. The van der Waals surface area contributed by atoms with E-state index in [1.54, 1.807) is 18.4 Å². The molecule has 1 aliphatic rings. The third-order valence-corrected chi connectivity index (χ3v) is 5.02. The number of rotatable bonds is 6. The van der Waals surface area contributed by atoms with E-state index in [1.807, 2.05) is 38.1 Å². The molecular formula is C23H22N2O4. The highest BCUT2D eigenvalue weighted by atomic mass is 16.3. The Hall–Kier alpha value is -3.41. The van der Waals surface area contributed by atoms with Gasteiger partial charge in [0.1, 0.15) is 5.58 Å². The van der Waals surface area contributed by atoms with Gasteiger partial charge in [-0.3, -0.25) is 19.3 Å². The zero-order chi connectivity index (χ0) is 20.5.